The summed E-state index contributed by atoms with van der Waals surface area (Å²) in [5.74, 6) is -0.366. The van der Waals surface area contributed by atoms with E-state index in [-0.39, 0.29) is 23.9 Å². The van der Waals surface area contributed by atoms with E-state index in [9.17, 15) is 18.0 Å². The summed E-state index contributed by atoms with van der Waals surface area (Å²) in [6.07, 6.45) is 0. The highest BCUT2D eigenvalue weighted by Crippen LogP contribution is 2.24. The fourth-order valence-corrected chi connectivity index (χ4v) is 5.40. The summed E-state index contributed by atoms with van der Waals surface area (Å²) in [7, 11) is -2.35. The predicted octanol–water partition coefficient (Wildman–Crippen LogP) is 1.000. The first-order valence-corrected chi connectivity index (χ1v) is 11.5. The molecule has 1 atom stereocenters. The maximum absolute atomic E-state index is 12.9. The highest BCUT2D eigenvalue weighted by atomic mass is 127. The summed E-state index contributed by atoms with van der Waals surface area (Å²) in [6, 6.07) is 9.88. The van der Waals surface area contributed by atoms with Crippen LogP contribution in [0.4, 0.5) is 5.69 Å². The van der Waals surface area contributed by atoms with Crippen molar-refractivity contribution < 1.29 is 22.7 Å². The molecule has 0 radical (unpaired) electrons. The minimum absolute atomic E-state index is 0.0210. The number of anilines is 1. The summed E-state index contributed by atoms with van der Waals surface area (Å²) in [6.45, 7) is 0.742. The number of halogens is 1. The quantitative estimate of drug-likeness (QED) is 0.466. The monoisotopic (exact) mass is 544 g/mol. The number of carbonyl (C=O) groups is 2. The van der Waals surface area contributed by atoms with Gasteiger partial charge in [0.05, 0.1) is 15.6 Å². The largest absolute Gasteiger partial charge is 0.496 e. The van der Waals surface area contributed by atoms with Gasteiger partial charge in [-0.2, -0.15) is 4.31 Å². The molecule has 30 heavy (non-hydrogen) atoms. The zero-order chi connectivity index (χ0) is 21.9. The van der Waals surface area contributed by atoms with Crippen molar-refractivity contribution in [3.8, 4) is 5.75 Å². The SMILES string of the molecule is COc1ccc(C(=O)Nc2ccc(S(=O)(=O)N3CCNCC3C(N)=O)cc2)cc1I. The van der Waals surface area contributed by atoms with Crippen LogP contribution in [0.15, 0.2) is 47.4 Å². The van der Waals surface area contributed by atoms with Crippen molar-refractivity contribution in [2.24, 2.45) is 5.73 Å². The minimum Gasteiger partial charge on any atom is -0.496 e. The lowest BCUT2D eigenvalue weighted by Crippen LogP contribution is -2.58. The van der Waals surface area contributed by atoms with Gasteiger partial charge in [-0.15, -0.1) is 0 Å². The lowest BCUT2D eigenvalue weighted by Gasteiger charge is -2.33. The van der Waals surface area contributed by atoms with Crippen LogP contribution in [0.3, 0.4) is 0 Å². The predicted molar refractivity (Wildman–Crippen MR) is 120 cm³/mol. The number of benzene rings is 2. The Hall–Kier alpha value is -2.22. The van der Waals surface area contributed by atoms with Crippen LogP contribution >= 0.6 is 22.6 Å². The van der Waals surface area contributed by atoms with Gasteiger partial charge in [0.1, 0.15) is 11.8 Å². The van der Waals surface area contributed by atoms with E-state index in [2.05, 4.69) is 33.2 Å². The molecule has 160 valence electrons. The highest BCUT2D eigenvalue weighted by molar-refractivity contribution is 14.1. The van der Waals surface area contributed by atoms with Gasteiger partial charge in [0, 0.05) is 30.9 Å². The molecule has 2 aromatic carbocycles. The van der Waals surface area contributed by atoms with Gasteiger partial charge >= 0.3 is 0 Å². The van der Waals surface area contributed by atoms with E-state index < -0.39 is 22.0 Å². The average molecular weight is 544 g/mol. The van der Waals surface area contributed by atoms with E-state index in [1.165, 1.54) is 24.3 Å². The number of hydrogen-bond donors (Lipinski definition) is 3. The first-order valence-electron chi connectivity index (χ1n) is 9.01. The van der Waals surface area contributed by atoms with Gasteiger partial charge in [0.2, 0.25) is 15.9 Å². The zero-order valence-electron chi connectivity index (χ0n) is 16.1. The summed E-state index contributed by atoms with van der Waals surface area (Å²) in [5, 5.41) is 5.70. The molecule has 0 aliphatic carbocycles. The summed E-state index contributed by atoms with van der Waals surface area (Å²) < 4.78 is 33.0. The number of carbonyl (C=O) groups excluding carboxylic acids is 2. The minimum atomic E-state index is -3.90. The van der Waals surface area contributed by atoms with Crippen LogP contribution in [0.5, 0.6) is 5.75 Å². The van der Waals surface area contributed by atoms with Crippen LogP contribution in [0.2, 0.25) is 0 Å². The van der Waals surface area contributed by atoms with Crippen LogP contribution in [0.1, 0.15) is 10.4 Å². The molecule has 1 aliphatic heterocycles. The normalized spacial score (nSPS) is 17.3. The number of hydrogen-bond acceptors (Lipinski definition) is 6. The number of sulfonamides is 1. The number of amides is 2. The third kappa shape index (κ3) is 4.74. The van der Waals surface area contributed by atoms with Gasteiger partial charge in [0.25, 0.3) is 5.91 Å². The van der Waals surface area contributed by atoms with E-state index >= 15 is 0 Å². The molecule has 0 saturated carbocycles. The molecule has 1 heterocycles. The topological polar surface area (TPSA) is 131 Å². The molecule has 0 bridgehead atoms. The van der Waals surface area contributed by atoms with E-state index in [1.807, 2.05) is 0 Å². The highest BCUT2D eigenvalue weighted by Gasteiger charge is 2.36. The number of methoxy groups -OCH3 is 1. The summed E-state index contributed by atoms with van der Waals surface area (Å²) in [4.78, 5) is 24.1. The zero-order valence-corrected chi connectivity index (χ0v) is 19.1. The Morgan fingerprint density at radius 1 is 1.23 bits per heavy atom. The van der Waals surface area contributed by atoms with E-state index in [0.29, 0.717) is 23.5 Å². The number of nitrogens with zero attached hydrogens (tertiary/aromatic N) is 1. The molecule has 1 aliphatic rings. The van der Waals surface area contributed by atoms with Crippen LogP contribution in [0, 0.1) is 3.57 Å². The van der Waals surface area contributed by atoms with Crippen molar-refractivity contribution in [3.05, 3.63) is 51.6 Å². The Bertz CT molecular complexity index is 1060. The number of rotatable bonds is 6. The molecule has 1 saturated heterocycles. The Morgan fingerprint density at radius 2 is 1.93 bits per heavy atom. The second-order valence-electron chi connectivity index (χ2n) is 6.57. The lowest BCUT2D eigenvalue weighted by atomic mass is 10.2. The van der Waals surface area contributed by atoms with Gasteiger partial charge in [-0.3, -0.25) is 9.59 Å². The van der Waals surface area contributed by atoms with Crippen molar-refractivity contribution in [2.75, 3.05) is 32.1 Å². The second kappa shape index (κ2) is 9.29. The number of ether oxygens (including phenoxy) is 1. The van der Waals surface area contributed by atoms with Gasteiger partial charge in [-0.05, 0) is 65.1 Å². The van der Waals surface area contributed by atoms with Crippen LogP contribution in [0.25, 0.3) is 0 Å². The molecule has 3 rings (SSSR count). The molecular weight excluding hydrogens is 523 g/mol. The number of primary amides is 1. The smallest absolute Gasteiger partial charge is 0.255 e. The molecular formula is C19H21IN4O5S. The van der Waals surface area contributed by atoms with Crippen LogP contribution in [-0.2, 0) is 14.8 Å². The molecule has 11 heteroatoms. The second-order valence-corrected chi connectivity index (χ2v) is 9.62. The average Bonchev–Trinajstić information content (AvgIpc) is 2.74. The summed E-state index contributed by atoms with van der Waals surface area (Å²) >= 11 is 2.08. The molecule has 1 fully saturated rings. The lowest BCUT2D eigenvalue weighted by molar-refractivity contribution is -0.122. The Morgan fingerprint density at radius 3 is 2.53 bits per heavy atom. The van der Waals surface area contributed by atoms with Gasteiger partial charge in [-0.25, -0.2) is 8.42 Å². The molecule has 1 unspecified atom stereocenters. The Kier molecular flexibility index (Phi) is 6.95. The Balaban J connectivity index is 1.76. The van der Waals surface area contributed by atoms with Gasteiger partial charge in [-0.1, -0.05) is 0 Å². The third-order valence-corrected chi connectivity index (χ3v) is 7.42. The van der Waals surface area contributed by atoms with Crippen LogP contribution in [-0.4, -0.2) is 57.3 Å². The van der Waals surface area contributed by atoms with Crippen molar-refractivity contribution in [1.29, 1.82) is 0 Å². The molecule has 2 amide bonds. The maximum Gasteiger partial charge on any atom is 0.255 e. The number of piperazine rings is 1. The molecule has 0 aromatic heterocycles. The number of nitrogens with one attached hydrogen (secondary N) is 2. The standard InChI is InChI=1S/C19H21IN4O5S/c1-29-17-7-2-12(10-15(17)20)19(26)23-13-3-5-14(6-4-13)30(27,28)24-9-8-22-11-16(24)18(21)25/h2-7,10,16,22H,8-9,11H2,1H3,(H2,21,25)(H,23,26). The van der Waals surface area contributed by atoms with Crippen molar-refractivity contribution in [1.82, 2.24) is 9.62 Å². The summed E-state index contributed by atoms with van der Waals surface area (Å²) in [5.41, 5.74) is 6.24. The van der Waals surface area contributed by atoms with Gasteiger partial charge < -0.3 is 21.1 Å². The van der Waals surface area contributed by atoms with Gasteiger partial charge in [0.15, 0.2) is 0 Å². The van der Waals surface area contributed by atoms with E-state index in [0.717, 1.165) is 7.88 Å². The molecule has 0 spiro atoms. The van der Waals surface area contributed by atoms with E-state index in [1.54, 1.807) is 25.3 Å². The number of nitrogens with two attached hydrogens (primary N) is 1. The molecule has 4 N–H and O–H groups in total. The molecule has 2 aromatic rings. The van der Waals surface area contributed by atoms with Crippen molar-refractivity contribution >= 4 is 50.1 Å². The third-order valence-electron chi connectivity index (χ3n) is 4.66. The first kappa shape index (κ1) is 22.5. The van der Waals surface area contributed by atoms with E-state index in [4.69, 9.17) is 10.5 Å². The van der Waals surface area contributed by atoms with Crippen LogP contribution < -0.4 is 21.1 Å². The molecule has 9 nitrogen and oxygen atoms in total. The fraction of sp³-hybridized carbons (Fsp3) is 0.263. The maximum atomic E-state index is 12.9. The van der Waals surface area contributed by atoms with Crippen molar-refractivity contribution in [3.63, 3.8) is 0 Å². The Labute approximate surface area is 188 Å². The van der Waals surface area contributed by atoms with Crippen molar-refractivity contribution in [2.45, 2.75) is 10.9 Å². The fourth-order valence-electron chi connectivity index (χ4n) is 3.07. The first-order chi connectivity index (χ1) is 14.2.